The second-order valence-electron chi connectivity index (χ2n) is 6.67. The van der Waals surface area contributed by atoms with Crippen LogP contribution < -0.4 is 5.32 Å². The molecule has 2 heteroatoms. The quantitative estimate of drug-likeness (QED) is 0.813. The van der Waals surface area contributed by atoms with Gasteiger partial charge in [0.05, 0.1) is 0 Å². The van der Waals surface area contributed by atoms with Crippen molar-refractivity contribution >= 4 is 0 Å². The average molecular weight is 238 g/mol. The molecule has 2 rings (SSSR count). The lowest BCUT2D eigenvalue weighted by Crippen LogP contribution is -2.51. The van der Waals surface area contributed by atoms with Gasteiger partial charge in [0, 0.05) is 18.6 Å². The highest BCUT2D eigenvalue weighted by Crippen LogP contribution is 2.32. The second kappa shape index (κ2) is 5.71. The standard InChI is InChI=1S/C15H30N2/c1-11(2)13-7-8-17(10-13)15-9-12(3)5-6-14(15)16-4/h11-16H,5-10H2,1-4H3. The first-order valence-corrected chi connectivity index (χ1v) is 7.53. The highest BCUT2D eigenvalue weighted by atomic mass is 15.2. The number of nitrogens with one attached hydrogen (secondary N) is 1. The minimum absolute atomic E-state index is 0.733. The smallest absolute Gasteiger partial charge is 0.0251 e. The first kappa shape index (κ1) is 13.4. The van der Waals surface area contributed by atoms with Gasteiger partial charge in [0.1, 0.15) is 0 Å². The van der Waals surface area contributed by atoms with Gasteiger partial charge in [0.25, 0.3) is 0 Å². The number of likely N-dealkylation sites (tertiary alicyclic amines) is 1. The molecule has 17 heavy (non-hydrogen) atoms. The maximum absolute atomic E-state index is 3.55. The van der Waals surface area contributed by atoms with E-state index in [1.807, 2.05) is 0 Å². The third-order valence-electron chi connectivity index (χ3n) is 5.12. The Labute approximate surface area is 107 Å². The Morgan fingerprint density at radius 3 is 2.53 bits per heavy atom. The summed E-state index contributed by atoms with van der Waals surface area (Å²) in [6.07, 6.45) is 5.59. The summed E-state index contributed by atoms with van der Waals surface area (Å²) in [6, 6.07) is 1.53. The molecule has 0 aromatic heterocycles. The zero-order valence-electron chi connectivity index (χ0n) is 12.1. The maximum Gasteiger partial charge on any atom is 0.0251 e. The lowest BCUT2D eigenvalue weighted by Gasteiger charge is -2.40. The van der Waals surface area contributed by atoms with Gasteiger partial charge in [-0.1, -0.05) is 20.8 Å². The first-order valence-electron chi connectivity index (χ1n) is 7.53. The molecule has 2 fully saturated rings. The second-order valence-corrected chi connectivity index (χ2v) is 6.67. The van der Waals surface area contributed by atoms with Gasteiger partial charge in [-0.3, -0.25) is 4.90 Å². The van der Waals surface area contributed by atoms with Crippen LogP contribution in [0.15, 0.2) is 0 Å². The Kier molecular flexibility index (Phi) is 4.48. The summed E-state index contributed by atoms with van der Waals surface area (Å²) in [5, 5.41) is 3.55. The fraction of sp³-hybridized carbons (Fsp3) is 1.00. The van der Waals surface area contributed by atoms with Crippen LogP contribution in [0.4, 0.5) is 0 Å². The summed E-state index contributed by atoms with van der Waals surface area (Å²) in [5.41, 5.74) is 0. The molecule has 0 bridgehead atoms. The molecule has 1 heterocycles. The van der Waals surface area contributed by atoms with Crippen molar-refractivity contribution in [3.8, 4) is 0 Å². The lowest BCUT2D eigenvalue weighted by atomic mass is 9.82. The van der Waals surface area contributed by atoms with Crippen LogP contribution in [0.3, 0.4) is 0 Å². The summed E-state index contributed by atoms with van der Waals surface area (Å²) >= 11 is 0. The Hall–Kier alpha value is -0.0800. The molecule has 0 radical (unpaired) electrons. The SMILES string of the molecule is CNC1CCC(C)CC1N1CCC(C(C)C)C1. The Balaban J connectivity index is 1.95. The van der Waals surface area contributed by atoms with Crippen molar-refractivity contribution < 1.29 is 0 Å². The molecule has 2 nitrogen and oxygen atoms in total. The molecule has 1 saturated carbocycles. The summed E-state index contributed by atoms with van der Waals surface area (Å²) < 4.78 is 0. The van der Waals surface area contributed by atoms with E-state index in [-0.39, 0.29) is 0 Å². The molecular weight excluding hydrogens is 208 g/mol. The number of nitrogens with zero attached hydrogens (tertiary/aromatic N) is 1. The van der Waals surface area contributed by atoms with Crippen molar-refractivity contribution in [1.29, 1.82) is 0 Å². The van der Waals surface area contributed by atoms with Crippen molar-refractivity contribution in [1.82, 2.24) is 10.2 Å². The van der Waals surface area contributed by atoms with E-state index in [9.17, 15) is 0 Å². The monoisotopic (exact) mass is 238 g/mol. The van der Waals surface area contributed by atoms with Gasteiger partial charge in [-0.2, -0.15) is 0 Å². The Morgan fingerprint density at radius 2 is 1.94 bits per heavy atom. The number of likely N-dealkylation sites (N-methyl/N-ethyl adjacent to an activating group) is 1. The molecule has 1 saturated heterocycles. The van der Waals surface area contributed by atoms with E-state index < -0.39 is 0 Å². The van der Waals surface area contributed by atoms with Crippen LogP contribution in [-0.2, 0) is 0 Å². The van der Waals surface area contributed by atoms with E-state index in [1.165, 1.54) is 38.8 Å². The number of hydrogen-bond donors (Lipinski definition) is 1. The molecule has 1 N–H and O–H groups in total. The lowest BCUT2D eigenvalue weighted by molar-refractivity contribution is 0.121. The topological polar surface area (TPSA) is 15.3 Å². The molecule has 100 valence electrons. The van der Waals surface area contributed by atoms with E-state index in [0.29, 0.717) is 0 Å². The Bertz CT molecular complexity index is 239. The van der Waals surface area contributed by atoms with Gasteiger partial charge < -0.3 is 5.32 Å². The van der Waals surface area contributed by atoms with Gasteiger partial charge >= 0.3 is 0 Å². The van der Waals surface area contributed by atoms with Gasteiger partial charge in [0.15, 0.2) is 0 Å². The van der Waals surface area contributed by atoms with Crippen LogP contribution in [0.5, 0.6) is 0 Å². The summed E-state index contributed by atoms with van der Waals surface area (Å²) in [5.74, 6) is 2.71. The average Bonchev–Trinajstić information content (AvgIpc) is 2.78. The first-order chi connectivity index (χ1) is 8.11. The van der Waals surface area contributed by atoms with Crippen LogP contribution >= 0.6 is 0 Å². The van der Waals surface area contributed by atoms with Gasteiger partial charge in [0.2, 0.25) is 0 Å². The highest BCUT2D eigenvalue weighted by Gasteiger charge is 2.36. The molecule has 0 aromatic carbocycles. The molecular formula is C15H30N2. The minimum atomic E-state index is 0.733. The van der Waals surface area contributed by atoms with Crippen molar-refractivity contribution in [3.63, 3.8) is 0 Å². The fourth-order valence-corrected chi connectivity index (χ4v) is 3.75. The third kappa shape index (κ3) is 3.03. The molecule has 0 amide bonds. The van der Waals surface area contributed by atoms with Crippen molar-refractivity contribution in [2.75, 3.05) is 20.1 Å². The van der Waals surface area contributed by atoms with E-state index in [1.54, 1.807) is 0 Å². The zero-order valence-corrected chi connectivity index (χ0v) is 12.1. The van der Waals surface area contributed by atoms with E-state index in [4.69, 9.17) is 0 Å². The zero-order chi connectivity index (χ0) is 12.4. The summed E-state index contributed by atoms with van der Waals surface area (Å²) in [6.45, 7) is 9.86. The molecule has 0 aromatic rings. The molecule has 1 aliphatic carbocycles. The van der Waals surface area contributed by atoms with E-state index in [0.717, 1.165) is 29.8 Å². The predicted octanol–water partition coefficient (Wildman–Crippen LogP) is 2.74. The van der Waals surface area contributed by atoms with E-state index >= 15 is 0 Å². The molecule has 0 spiro atoms. The van der Waals surface area contributed by atoms with Crippen LogP contribution in [0, 0.1) is 17.8 Å². The number of rotatable bonds is 3. The van der Waals surface area contributed by atoms with E-state index in [2.05, 4.69) is 38.0 Å². The van der Waals surface area contributed by atoms with Crippen molar-refractivity contribution in [2.24, 2.45) is 17.8 Å². The maximum atomic E-state index is 3.55. The predicted molar refractivity (Wildman–Crippen MR) is 74.2 cm³/mol. The summed E-state index contributed by atoms with van der Waals surface area (Å²) in [4.78, 5) is 2.78. The van der Waals surface area contributed by atoms with Crippen molar-refractivity contribution in [2.45, 2.75) is 58.5 Å². The molecule has 4 unspecified atom stereocenters. The van der Waals surface area contributed by atoms with Crippen LogP contribution in [0.25, 0.3) is 0 Å². The fourth-order valence-electron chi connectivity index (χ4n) is 3.75. The summed E-state index contributed by atoms with van der Waals surface area (Å²) in [7, 11) is 2.14. The molecule has 1 aliphatic heterocycles. The van der Waals surface area contributed by atoms with Gasteiger partial charge in [-0.05, 0) is 57.0 Å². The van der Waals surface area contributed by atoms with Gasteiger partial charge in [-0.15, -0.1) is 0 Å². The van der Waals surface area contributed by atoms with Crippen molar-refractivity contribution in [3.05, 3.63) is 0 Å². The van der Waals surface area contributed by atoms with Gasteiger partial charge in [-0.25, -0.2) is 0 Å². The minimum Gasteiger partial charge on any atom is -0.315 e. The highest BCUT2D eigenvalue weighted by molar-refractivity contribution is 4.93. The molecule has 4 atom stereocenters. The van der Waals surface area contributed by atoms with Crippen LogP contribution in [0.1, 0.15) is 46.5 Å². The normalized spacial score (nSPS) is 40.1. The third-order valence-corrected chi connectivity index (χ3v) is 5.12. The van der Waals surface area contributed by atoms with Crippen LogP contribution in [-0.4, -0.2) is 37.1 Å². The largest absolute Gasteiger partial charge is 0.315 e. The van der Waals surface area contributed by atoms with Crippen LogP contribution in [0.2, 0.25) is 0 Å². The molecule has 2 aliphatic rings. The number of hydrogen-bond acceptors (Lipinski definition) is 2. The Morgan fingerprint density at radius 1 is 1.18 bits per heavy atom.